The van der Waals surface area contributed by atoms with Crippen LogP contribution >= 0.6 is 34.8 Å². The van der Waals surface area contributed by atoms with Crippen molar-refractivity contribution in [3.05, 3.63) is 85.0 Å². The van der Waals surface area contributed by atoms with Gasteiger partial charge in [0.15, 0.2) is 0 Å². The minimum Gasteiger partial charge on any atom is -0.455 e. The third-order valence-corrected chi connectivity index (χ3v) is 5.91. The number of non-ortho nitro benzene ring substituents is 1. The fraction of sp³-hybridized carbons (Fsp3) is 0.174. The first kappa shape index (κ1) is 26.2. The summed E-state index contributed by atoms with van der Waals surface area (Å²) in [6, 6.07) is 10.6. The molecule has 1 aromatic heterocycles. The Balaban J connectivity index is 1.67. The van der Waals surface area contributed by atoms with Gasteiger partial charge in [0.2, 0.25) is 0 Å². The maximum Gasteiger partial charge on any atom is 0.270 e. The van der Waals surface area contributed by atoms with Gasteiger partial charge in [-0.05, 0) is 42.3 Å². The summed E-state index contributed by atoms with van der Waals surface area (Å²) < 4.78 is 5.62. The highest BCUT2D eigenvalue weighted by Crippen LogP contribution is 2.32. The summed E-state index contributed by atoms with van der Waals surface area (Å²) in [4.78, 5) is 35.7. The van der Waals surface area contributed by atoms with E-state index in [0.717, 1.165) is 0 Å². The van der Waals surface area contributed by atoms with Crippen molar-refractivity contribution in [3.8, 4) is 11.3 Å². The molecule has 0 fully saturated rings. The average Bonchev–Trinajstić information content (AvgIpc) is 3.27. The van der Waals surface area contributed by atoms with Crippen LogP contribution in [0.25, 0.3) is 11.3 Å². The van der Waals surface area contributed by atoms with Crippen LogP contribution in [0.3, 0.4) is 0 Å². The Hall–Kier alpha value is -3.40. The van der Waals surface area contributed by atoms with Crippen molar-refractivity contribution >= 4 is 58.5 Å². The molecular weight excluding hydrogens is 519 g/mol. The third kappa shape index (κ3) is 6.60. The molecule has 0 aliphatic carbocycles. The van der Waals surface area contributed by atoms with E-state index in [0.29, 0.717) is 16.3 Å². The predicted octanol–water partition coefficient (Wildman–Crippen LogP) is 5.72. The zero-order chi connectivity index (χ0) is 25.7. The highest BCUT2D eigenvalue weighted by molar-refractivity contribution is 6.42. The second-order valence-corrected chi connectivity index (χ2v) is 8.90. The first-order chi connectivity index (χ1) is 16.6. The van der Waals surface area contributed by atoms with Gasteiger partial charge < -0.3 is 9.73 Å². The molecule has 0 aliphatic rings. The Labute approximate surface area is 215 Å². The van der Waals surface area contributed by atoms with Crippen molar-refractivity contribution in [2.45, 2.75) is 19.9 Å². The number of nitrogens with zero attached hydrogens (tertiary/aromatic N) is 2. The smallest absolute Gasteiger partial charge is 0.270 e. The van der Waals surface area contributed by atoms with Gasteiger partial charge in [-0.2, -0.15) is 5.10 Å². The van der Waals surface area contributed by atoms with Crippen LogP contribution in [-0.2, 0) is 4.79 Å². The number of benzene rings is 2. The molecule has 35 heavy (non-hydrogen) atoms. The molecule has 0 saturated heterocycles. The number of hydrogen-bond acceptors (Lipinski definition) is 6. The summed E-state index contributed by atoms with van der Waals surface area (Å²) in [6.45, 7) is 3.54. The number of carbonyl (C=O) groups is 2. The second-order valence-electron chi connectivity index (χ2n) is 7.68. The topological polar surface area (TPSA) is 127 Å². The summed E-state index contributed by atoms with van der Waals surface area (Å²) in [7, 11) is 0. The van der Waals surface area contributed by atoms with Crippen molar-refractivity contribution in [1.82, 2.24) is 10.7 Å². The second kappa shape index (κ2) is 11.4. The molecule has 1 unspecified atom stereocenters. The molecule has 0 aliphatic heterocycles. The molecule has 182 valence electrons. The minimum atomic E-state index is -0.884. The van der Waals surface area contributed by atoms with Gasteiger partial charge in [0.05, 0.1) is 26.2 Å². The molecule has 12 heteroatoms. The molecule has 0 saturated carbocycles. The number of carbonyl (C=O) groups excluding carboxylic acids is 2. The number of hydrazone groups is 1. The molecule has 0 spiro atoms. The highest BCUT2D eigenvalue weighted by Gasteiger charge is 2.25. The van der Waals surface area contributed by atoms with E-state index in [2.05, 4.69) is 15.8 Å². The van der Waals surface area contributed by atoms with Crippen LogP contribution in [0.4, 0.5) is 5.69 Å². The number of furan rings is 1. The van der Waals surface area contributed by atoms with Crippen LogP contribution in [0, 0.1) is 16.0 Å². The van der Waals surface area contributed by atoms with Crippen LogP contribution in [0.15, 0.2) is 58.0 Å². The molecule has 9 nitrogen and oxygen atoms in total. The lowest BCUT2D eigenvalue weighted by Crippen LogP contribution is -2.48. The lowest BCUT2D eigenvalue weighted by Gasteiger charge is -2.20. The van der Waals surface area contributed by atoms with Gasteiger partial charge in [0.25, 0.3) is 17.5 Å². The fourth-order valence-corrected chi connectivity index (χ4v) is 3.52. The standard InChI is InChI=1S/C23H19Cl3N4O5/c1-12(2)21(28-22(31)13-3-6-18(25)19(26)9-13)23(32)29-27-11-15-5-8-20(35-15)16-10-14(30(33)34)4-7-17(16)24/h3-12,21H,1-2H3,(H,28,31)(H,29,32). The van der Waals surface area contributed by atoms with Crippen molar-refractivity contribution < 1.29 is 18.9 Å². The van der Waals surface area contributed by atoms with E-state index in [1.54, 1.807) is 26.0 Å². The molecule has 3 aromatic rings. The van der Waals surface area contributed by atoms with Gasteiger partial charge in [0, 0.05) is 23.3 Å². The van der Waals surface area contributed by atoms with Gasteiger partial charge in [-0.3, -0.25) is 19.7 Å². The largest absolute Gasteiger partial charge is 0.455 e. The first-order valence-electron chi connectivity index (χ1n) is 10.2. The fourth-order valence-electron chi connectivity index (χ4n) is 3.01. The molecule has 1 heterocycles. The van der Waals surface area contributed by atoms with E-state index in [-0.39, 0.29) is 33.0 Å². The van der Waals surface area contributed by atoms with Crippen molar-refractivity contribution in [2.75, 3.05) is 0 Å². The zero-order valence-corrected chi connectivity index (χ0v) is 20.7. The normalized spacial score (nSPS) is 12.1. The number of nitro groups is 1. The van der Waals surface area contributed by atoms with Gasteiger partial charge >= 0.3 is 0 Å². The molecular formula is C23H19Cl3N4O5. The number of halogens is 3. The van der Waals surface area contributed by atoms with E-state index in [1.165, 1.54) is 42.6 Å². The maximum atomic E-state index is 12.6. The Bertz CT molecular complexity index is 1310. The summed E-state index contributed by atoms with van der Waals surface area (Å²) >= 11 is 18.0. The van der Waals surface area contributed by atoms with Crippen molar-refractivity contribution in [1.29, 1.82) is 0 Å². The highest BCUT2D eigenvalue weighted by atomic mass is 35.5. The van der Waals surface area contributed by atoms with Crippen LogP contribution < -0.4 is 10.7 Å². The van der Waals surface area contributed by atoms with Crippen LogP contribution in [0.1, 0.15) is 30.0 Å². The summed E-state index contributed by atoms with van der Waals surface area (Å²) in [5.41, 5.74) is 2.83. The van der Waals surface area contributed by atoms with Crippen molar-refractivity contribution in [2.24, 2.45) is 11.0 Å². The van der Waals surface area contributed by atoms with E-state index in [1.807, 2.05) is 0 Å². The number of hydrogen-bond donors (Lipinski definition) is 2. The minimum absolute atomic E-state index is 0.133. The number of amides is 2. The molecule has 0 bridgehead atoms. The number of nitrogens with one attached hydrogen (secondary N) is 2. The third-order valence-electron chi connectivity index (χ3n) is 4.84. The molecule has 2 amide bonds. The number of rotatable bonds is 8. The zero-order valence-electron chi connectivity index (χ0n) is 18.4. The van der Waals surface area contributed by atoms with Crippen molar-refractivity contribution in [3.63, 3.8) is 0 Å². The van der Waals surface area contributed by atoms with E-state index >= 15 is 0 Å². The summed E-state index contributed by atoms with van der Waals surface area (Å²) in [5, 5.41) is 18.4. The van der Waals surface area contributed by atoms with Gasteiger partial charge in [-0.25, -0.2) is 5.43 Å². The van der Waals surface area contributed by atoms with Gasteiger partial charge in [-0.1, -0.05) is 48.7 Å². The average molecular weight is 538 g/mol. The van der Waals surface area contributed by atoms with Crippen LogP contribution in [0.5, 0.6) is 0 Å². The van der Waals surface area contributed by atoms with E-state index in [4.69, 9.17) is 39.2 Å². The Kier molecular flexibility index (Phi) is 8.50. The van der Waals surface area contributed by atoms with E-state index < -0.39 is 22.8 Å². The van der Waals surface area contributed by atoms with Crippen LogP contribution in [0.2, 0.25) is 15.1 Å². The lowest BCUT2D eigenvalue weighted by molar-refractivity contribution is -0.384. The monoisotopic (exact) mass is 536 g/mol. The molecule has 3 rings (SSSR count). The Morgan fingerprint density at radius 3 is 2.40 bits per heavy atom. The number of nitro benzene ring substituents is 1. The predicted molar refractivity (Wildman–Crippen MR) is 134 cm³/mol. The Morgan fingerprint density at radius 2 is 1.74 bits per heavy atom. The quantitative estimate of drug-likeness (QED) is 0.216. The van der Waals surface area contributed by atoms with Gasteiger partial charge in [-0.15, -0.1) is 0 Å². The SMILES string of the molecule is CC(C)C(NC(=O)c1ccc(Cl)c(Cl)c1)C(=O)NN=Cc1ccc(-c2cc([N+](=O)[O-])ccc2Cl)o1. The Morgan fingerprint density at radius 1 is 1.03 bits per heavy atom. The maximum absolute atomic E-state index is 12.6. The summed E-state index contributed by atoms with van der Waals surface area (Å²) in [5.74, 6) is -0.726. The molecule has 2 N–H and O–H groups in total. The first-order valence-corrected chi connectivity index (χ1v) is 11.3. The van der Waals surface area contributed by atoms with Gasteiger partial charge in [0.1, 0.15) is 17.6 Å². The molecule has 0 radical (unpaired) electrons. The summed E-state index contributed by atoms with van der Waals surface area (Å²) in [6.07, 6.45) is 1.25. The molecule has 2 aromatic carbocycles. The van der Waals surface area contributed by atoms with Crippen LogP contribution in [-0.4, -0.2) is 29.0 Å². The lowest BCUT2D eigenvalue weighted by atomic mass is 10.0. The van der Waals surface area contributed by atoms with E-state index in [9.17, 15) is 19.7 Å². The molecule has 1 atom stereocenters.